The number of anilines is 2. The molecule has 0 bridgehead atoms. The van der Waals surface area contributed by atoms with Gasteiger partial charge in [0.2, 0.25) is 11.8 Å². The molecule has 132 valence electrons. The van der Waals surface area contributed by atoms with Crippen LogP contribution in [0.2, 0.25) is 0 Å². The number of oxazole rings is 1. The molecular weight excluding hydrogens is 330 g/mol. The molecular formula is C20H19N3O3. The van der Waals surface area contributed by atoms with Crippen molar-refractivity contribution in [2.75, 3.05) is 16.8 Å². The number of carbonyl (C=O) groups is 2. The molecule has 2 amide bonds. The predicted octanol–water partition coefficient (Wildman–Crippen LogP) is 3.44. The highest BCUT2D eigenvalue weighted by Crippen LogP contribution is 2.29. The van der Waals surface area contributed by atoms with E-state index in [0.29, 0.717) is 23.5 Å². The fraction of sp³-hybridized carbons (Fsp3) is 0.250. The summed E-state index contributed by atoms with van der Waals surface area (Å²) >= 11 is 0. The number of fused-ring (bicyclic) bond motifs is 1. The molecule has 0 saturated carbocycles. The number of benzene rings is 2. The molecule has 6 nitrogen and oxygen atoms in total. The Morgan fingerprint density at radius 1 is 1.23 bits per heavy atom. The average Bonchev–Trinajstić information content (AvgIpc) is 3.16. The topological polar surface area (TPSA) is 75.4 Å². The van der Waals surface area contributed by atoms with E-state index in [-0.39, 0.29) is 24.2 Å². The van der Waals surface area contributed by atoms with E-state index in [4.69, 9.17) is 4.42 Å². The third kappa shape index (κ3) is 3.06. The number of aryl methyl sites for hydroxylation is 2. The fourth-order valence-corrected chi connectivity index (χ4v) is 3.30. The highest BCUT2D eigenvalue weighted by atomic mass is 16.3. The van der Waals surface area contributed by atoms with Crippen molar-refractivity contribution in [2.45, 2.75) is 20.3 Å². The van der Waals surface area contributed by atoms with Crippen molar-refractivity contribution in [3.63, 3.8) is 0 Å². The summed E-state index contributed by atoms with van der Waals surface area (Å²) in [5.74, 6) is 0.0110. The molecule has 0 spiro atoms. The zero-order valence-corrected chi connectivity index (χ0v) is 14.7. The second-order valence-corrected chi connectivity index (χ2v) is 6.65. The van der Waals surface area contributed by atoms with E-state index in [9.17, 15) is 9.59 Å². The molecule has 1 unspecified atom stereocenters. The van der Waals surface area contributed by atoms with Gasteiger partial charge in [-0.25, -0.2) is 4.98 Å². The number of hydrogen-bond acceptors (Lipinski definition) is 4. The lowest BCUT2D eigenvalue weighted by Gasteiger charge is -2.16. The highest BCUT2D eigenvalue weighted by molar-refractivity contribution is 6.04. The second kappa shape index (κ2) is 6.29. The number of amides is 2. The Kier molecular flexibility index (Phi) is 3.95. The van der Waals surface area contributed by atoms with Crippen LogP contribution in [0.1, 0.15) is 17.9 Å². The van der Waals surface area contributed by atoms with Gasteiger partial charge in [0, 0.05) is 31.3 Å². The van der Waals surface area contributed by atoms with Gasteiger partial charge in [-0.15, -0.1) is 0 Å². The van der Waals surface area contributed by atoms with E-state index >= 15 is 0 Å². The Morgan fingerprint density at radius 2 is 2.08 bits per heavy atom. The molecule has 3 aromatic rings. The van der Waals surface area contributed by atoms with Crippen LogP contribution >= 0.6 is 0 Å². The summed E-state index contributed by atoms with van der Waals surface area (Å²) in [5, 5.41) is 2.91. The average molecular weight is 349 g/mol. The van der Waals surface area contributed by atoms with Crippen molar-refractivity contribution in [3.05, 3.63) is 53.9 Å². The van der Waals surface area contributed by atoms with Crippen LogP contribution in [0, 0.1) is 19.8 Å². The molecule has 1 aliphatic heterocycles. The normalized spacial score (nSPS) is 17.1. The van der Waals surface area contributed by atoms with Crippen molar-refractivity contribution < 1.29 is 14.0 Å². The maximum absolute atomic E-state index is 12.5. The molecule has 1 aromatic heterocycles. The molecule has 1 aliphatic rings. The number of aromatic nitrogens is 1. The number of rotatable bonds is 3. The lowest BCUT2D eigenvalue weighted by atomic mass is 10.1. The minimum atomic E-state index is -0.377. The van der Waals surface area contributed by atoms with E-state index in [2.05, 4.69) is 10.3 Å². The summed E-state index contributed by atoms with van der Waals surface area (Å²) in [4.78, 5) is 30.9. The van der Waals surface area contributed by atoms with Gasteiger partial charge >= 0.3 is 0 Å². The third-order valence-electron chi connectivity index (χ3n) is 4.57. The van der Waals surface area contributed by atoms with Crippen molar-refractivity contribution >= 4 is 34.3 Å². The van der Waals surface area contributed by atoms with Gasteiger partial charge in [0.05, 0.1) is 5.92 Å². The van der Waals surface area contributed by atoms with Gasteiger partial charge in [0.1, 0.15) is 5.52 Å². The Labute approximate surface area is 150 Å². The summed E-state index contributed by atoms with van der Waals surface area (Å²) in [6.07, 6.45) is 0.202. The molecule has 1 fully saturated rings. The first-order valence-electron chi connectivity index (χ1n) is 8.55. The molecule has 0 aliphatic carbocycles. The van der Waals surface area contributed by atoms with E-state index in [1.807, 2.05) is 43.3 Å². The lowest BCUT2D eigenvalue weighted by Crippen LogP contribution is -2.28. The van der Waals surface area contributed by atoms with Crippen LogP contribution in [0.25, 0.3) is 11.1 Å². The van der Waals surface area contributed by atoms with Crippen LogP contribution in [-0.2, 0) is 9.59 Å². The second-order valence-electron chi connectivity index (χ2n) is 6.65. The Hall–Kier alpha value is -3.15. The van der Waals surface area contributed by atoms with Gasteiger partial charge < -0.3 is 14.6 Å². The summed E-state index contributed by atoms with van der Waals surface area (Å²) in [5.41, 5.74) is 3.96. The zero-order chi connectivity index (χ0) is 18.3. The standard InChI is InChI=1S/C20H19N3O3/c1-12-4-3-5-15(8-12)22-20(25)14-9-19(24)23(11-14)16-6-7-18-17(10-16)21-13(2)26-18/h3-8,10,14H,9,11H2,1-2H3,(H,22,25). The number of nitrogens with one attached hydrogen (secondary N) is 1. The van der Waals surface area contributed by atoms with Crippen LogP contribution in [-0.4, -0.2) is 23.3 Å². The van der Waals surface area contributed by atoms with Crippen molar-refractivity contribution in [1.29, 1.82) is 0 Å². The van der Waals surface area contributed by atoms with E-state index in [1.165, 1.54) is 0 Å². The van der Waals surface area contributed by atoms with Gasteiger partial charge in [-0.2, -0.15) is 0 Å². The smallest absolute Gasteiger partial charge is 0.229 e. The van der Waals surface area contributed by atoms with E-state index in [1.54, 1.807) is 17.9 Å². The first kappa shape index (κ1) is 16.3. The van der Waals surface area contributed by atoms with Gasteiger partial charge in [-0.05, 0) is 42.8 Å². The van der Waals surface area contributed by atoms with E-state index < -0.39 is 0 Å². The van der Waals surface area contributed by atoms with Crippen LogP contribution < -0.4 is 10.2 Å². The summed E-state index contributed by atoms with van der Waals surface area (Å²) in [6, 6.07) is 13.1. The number of nitrogens with zero attached hydrogens (tertiary/aromatic N) is 2. The number of carbonyl (C=O) groups excluding carboxylic acids is 2. The Balaban J connectivity index is 1.51. The highest BCUT2D eigenvalue weighted by Gasteiger charge is 2.35. The van der Waals surface area contributed by atoms with Gasteiger partial charge in [-0.1, -0.05) is 12.1 Å². The summed E-state index contributed by atoms with van der Waals surface area (Å²) in [7, 11) is 0. The summed E-state index contributed by atoms with van der Waals surface area (Å²) in [6.45, 7) is 4.11. The molecule has 1 saturated heterocycles. The monoisotopic (exact) mass is 349 g/mol. The fourth-order valence-electron chi connectivity index (χ4n) is 3.30. The molecule has 0 radical (unpaired) electrons. The van der Waals surface area contributed by atoms with Crippen LogP contribution in [0.4, 0.5) is 11.4 Å². The largest absolute Gasteiger partial charge is 0.441 e. The quantitative estimate of drug-likeness (QED) is 0.786. The van der Waals surface area contributed by atoms with Gasteiger partial charge in [0.25, 0.3) is 0 Å². The first-order valence-corrected chi connectivity index (χ1v) is 8.55. The van der Waals surface area contributed by atoms with Gasteiger partial charge in [-0.3, -0.25) is 9.59 Å². The molecule has 1 N–H and O–H groups in total. The minimum absolute atomic E-state index is 0.0611. The minimum Gasteiger partial charge on any atom is -0.441 e. The molecule has 2 aromatic carbocycles. The van der Waals surface area contributed by atoms with Crippen LogP contribution in [0.15, 0.2) is 46.9 Å². The third-order valence-corrected chi connectivity index (χ3v) is 4.57. The van der Waals surface area contributed by atoms with Crippen molar-refractivity contribution in [3.8, 4) is 0 Å². The van der Waals surface area contributed by atoms with E-state index in [0.717, 1.165) is 16.9 Å². The predicted molar refractivity (Wildman–Crippen MR) is 99.0 cm³/mol. The Bertz CT molecular complexity index is 1010. The first-order chi connectivity index (χ1) is 12.5. The van der Waals surface area contributed by atoms with Crippen molar-refractivity contribution in [2.24, 2.45) is 5.92 Å². The molecule has 26 heavy (non-hydrogen) atoms. The van der Waals surface area contributed by atoms with Crippen molar-refractivity contribution in [1.82, 2.24) is 4.98 Å². The molecule has 2 heterocycles. The molecule has 1 atom stereocenters. The Morgan fingerprint density at radius 3 is 2.88 bits per heavy atom. The van der Waals surface area contributed by atoms with Crippen LogP contribution in [0.3, 0.4) is 0 Å². The zero-order valence-electron chi connectivity index (χ0n) is 14.7. The number of hydrogen-bond donors (Lipinski definition) is 1. The maximum Gasteiger partial charge on any atom is 0.229 e. The maximum atomic E-state index is 12.5. The SMILES string of the molecule is Cc1cccc(NC(=O)C2CC(=O)N(c3ccc4oc(C)nc4c3)C2)c1. The summed E-state index contributed by atoms with van der Waals surface area (Å²) < 4.78 is 5.47. The molecule has 6 heteroatoms. The van der Waals surface area contributed by atoms with Gasteiger partial charge in [0.15, 0.2) is 11.5 Å². The molecule has 4 rings (SSSR count). The lowest BCUT2D eigenvalue weighted by molar-refractivity contribution is -0.122. The van der Waals surface area contributed by atoms with Crippen LogP contribution in [0.5, 0.6) is 0 Å².